The molecule has 3 nitrogen and oxygen atoms in total. The molecule has 0 N–H and O–H groups in total. The molecule has 1 fully saturated rings. The zero-order valence-electron chi connectivity index (χ0n) is 9.15. The van der Waals surface area contributed by atoms with Gasteiger partial charge in [0.2, 0.25) is 0 Å². The molecule has 0 aromatic heterocycles. The third-order valence-electron chi connectivity index (χ3n) is 2.66. The summed E-state index contributed by atoms with van der Waals surface area (Å²) in [6.07, 6.45) is 2.26. The smallest absolute Gasteiger partial charge is 0.260 e. The quantitative estimate of drug-likeness (QED) is 0.793. The van der Waals surface area contributed by atoms with E-state index in [0.717, 1.165) is 22.2 Å². The number of hydrogen-bond donors (Lipinski definition) is 0. The Morgan fingerprint density at radius 1 is 1.44 bits per heavy atom. The SMILES string of the molecule is CN(C(=O)COc1ccc(I)cc1)C1CC1. The summed E-state index contributed by atoms with van der Waals surface area (Å²) in [5, 5.41) is 0. The first kappa shape index (κ1) is 11.7. The lowest BCUT2D eigenvalue weighted by molar-refractivity contribution is -0.132. The summed E-state index contributed by atoms with van der Waals surface area (Å²) in [5.74, 6) is 0.805. The third-order valence-corrected chi connectivity index (χ3v) is 3.38. The highest BCUT2D eigenvalue weighted by molar-refractivity contribution is 14.1. The monoisotopic (exact) mass is 331 g/mol. The Kier molecular flexibility index (Phi) is 3.68. The predicted molar refractivity (Wildman–Crippen MR) is 70.4 cm³/mol. The number of likely N-dealkylation sites (N-methyl/N-ethyl adjacent to an activating group) is 1. The van der Waals surface area contributed by atoms with Crippen LogP contribution >= 0.6 is 22.6 Å². The number of nitrogens with zero attached hydrogens (tertiary/aromatic N) is 1. The molecule has 1 aromatic carbocycles. The van der Waals surface area contributed by atoms with Crippen molar-refractivity contribution in [2.24, 2.45) is 0 Å². The Labute approximate surface area is 109 Å². The van der Waals surface area contributed by atoms with Crippen molar-refractivity contribution in [2.45, 2.75) is 18.9 Å². The van der Waals surface area contributed by atoms with Crippen molar-refractivity contribution in [1.82, 2.24) is 4.90 Å². The maximum absolute atomic E-state index is 11.7. The van der Waals surface area contributed by atoms with E-state index in [2.05, 4.69) is 22.6 Å². The molecule has 86 valence electrons. The first-order valence-corrected chi connectivity index (χ1v) is 6.39. The van der Waals surface area contributed by atoms with Crippen molar-refractivity contribution >= 4 is 28.5 Å². The molecule has 0 atom stereocenters. The zero-order valence-corrected chi connectivity index (χ0v) is 11.3. The summed E-state index contributed by atoms with van der Waals surface area (Å²) >= 11 is 2.24. The lowest BCUT2D eigenvalue weighted by Crippen LogP contribution is -2.33. The van der Waals surface area contributed by atoms with Crippen molar-refractivity contribution in [1.29, 1.82) is 0 Å². The standard InChI is InChI=1S/C12H14INO2/c1-14(10-4-5-10)12(15)8-16-11-6-2-9(13)3-7-11/h2-3,6-7,10H,4-5,8H2,1H3. The summed E-state index contributed by atoms with van der Waals surface area (Å²) in [7, 11) is 1.84. The maximum atomic E-state index is 11.7. The fourth-order valence-corrected chi connectivity index (χ4v) is 1.80. The van der Waals surface area contributed by atoms with E-state index in [1.165, 1.54) is 0 Å². The van der Waals surface area contributed by atoms with Gasteiger partial charge in [0, 0.05) is 16.7 Å². The van der Waals surface area contributed by atoms with E-state index in [1.807, 2.05) is 31.3 Å². The van der Waals surface area contributed by atoms with Crippen molar-refractivity contribution in [3.63, 3.8) is 0 Å². The summed E-state index contributed by atoms with van der Waals surface area (Å²) in [5.41, 5.74) is 0. The molecule has 1 aliphatic rings. The molecule has 2 rings (SSSR count). The minimum absolute atomic E-state index is 0.0565. The molecule has 1 aromatic rings. The average Bonchev–Trinajstić information content (AvgIpc) is 3.11. The average molecular weight is 331 g/mol. The van der Waals surface area contributed by atoms with Crippen molar-refractivity contribution in [3.8, 4) is 5.75 Å². The van der Waals surface area contributed by atoms with Crippen LogP contribution in [0.4, 0.5) is 0 Å². The van der Waals surface area contributed by atoms with E-state index in [1.54, 1.807) is 4.90 Å². The highest BCUT2D eigenvalue weighted by Crippen LogP contribution is 2.25. The number of ether oxygens (including phenoxy) is 1. The molecule has 0 radical (unpaired) electrons. The van der Waals surface area contributed by atoms with E-state index >= 15 is 0 Å². The Morgan fingerprint density at radius 2 is 2.06 bits per heavy atom. The van der Waals surface area contributed by atoms with Gasteiger partial charge in [-0.3, -0.25) is 4.79 Å². The third kappa shape index (κ3) is 3.10. The van der Waals surface area contributed by atoms with Gasteiger partial charge < -0.3 is 9.64 Å². The van der Waals surface area contributed by atoms with Crippen LogP contribution in [0.5, 0.6) is 5.75 Å². The second-order valence-electron chi connectivity index (χ2n) is 3.98. The van der Waals surface area contributed by atoms with E-state index in [0.29, 0.717) is 6.04 Å². The first-order valence-electron chi connectivity index (χ1n) is 5.31. The summed E-state index contributed by atoms with van der Waals surface area (Å²) < 4.78 is 6.59. The maximum Gasteiger partial charge on any atom is 0.260 e. The number of amides is 1. The van der Waals surface area contributed by atoms with Crippen molar-refractivity contribution < 1.29 is 9.53 Å². The fraction of sp³-hybridized carbons (Fsp3) is 0.417. The molecule has 4 heteroatoms. The van der Waals surface area contributed by atoms with Crippen LogP contribution < -0.4 is 4.74 Å². The Bertz CT molecular complexity index is 373. The summed E-state index contributed by atoms with van der Waals surface area (Å²) in [6.45, 7) is 0.133. The highest BCUT2D eigenvalue weighted by atomic mass is 127. The Hall–Kier alpha value is -0.780. The second-order valence-corrected chi connectivity index (χ2v) is 5.22. The minimum Gasteiger partial charge on any atom is -0.484 e. The highest BCUT2D eigenvalue weighted by Gasteiger charge is 2.29. The van der Waals surface area contributed by atoms with Gasteiger partial charge in [-0.25, -0.2) is 0 Å². The number of rotatable bonds is 4. The molecular weight excluding hydrogens is 317 g/mol. The van der Waals surface area contributed by atoms with Gasteiger partial charge in [-0.2, -0.15) is 0 Å². The van der Waals surface area contributed by atoms with Crippen LogP contribution in [0.15, 0.2) is 24.3 Å². The van der Waals surface area contributed by atoms with E-state index in [9.17, 15) is 4.79 Å². The normalized spacial score (nSPS) is 14.6. The number of hydrogen-bond acceptors (Lipinski definition) is 2. The molecule has 0 aliphatic heterocycles. The van der Waals surface area contributed by atoms with Gasteiger partial charge in [0.25, 0.3) is 5.91 Å². The number of carbonyl (C=O) groups is 1. The van der Waals surface area contributed by atoms with Gasteiger partial charge in [0.15, 0.2) is 6.61 Å². The molecule has 0 spiro atoms. The molecule has 0 saturated heterocycles. The van der Waals surface area contributed by atoms with Crippen LogP contribution in [0.3, 0.4) is 0 Å². The van der Waals surface area contributed by atoms with Crippen molar-refractivity contribution in [3.05, 3.63) is 27.8 Å². The zero-order chi connectivity index (χ0) is 11.5. The molecular formula is C12H14INO2. The van der Waals surface area contributed by atoms with E-state index in [-0.39, 0.29) is 12.5 Å². The Balaban J connectivity index is 1.82. The topological polar surface area (TPSA) is 29.5 Å². The number of carbonyl (C=O) groups excluding carboxylic acids is 1. The van der Waals surface area contributed by atoms with E-state index in [4.69, 9.17) is 4.74 Å². The van der Waals surface area contributed by atoms with Gasteiger partial charge in [0.1, 0.15) is 5.75 Å². The first-order chi connectivity index (χ1) is 7.66. The van der Waals surface area contributed by atoms with Gasteiger partial charge in [-0.15, -0.1) is 0 Å². The van der Waals surface area contributed by atoms with E-state index < -0.39 is 0 Å². The molecule has 1 amide bonds. The number of benzene rings is 1. The van der Waals surface area contributed by atoms with Crippen LogP contribution in [0.1, 0.15) is 12.8 Å². The minimum atomic E-state index is 0.0565. The molecule has 1 saturated carbocycles. The molecule has 0 unspecified atom stereocenters. The lowest BCUT2D eigenvalue weighted by atomic mass is 10.3. The molecule has 0 bridgehead atoms. The van der Waals surface area contributed by atoms with Crippen LogP contribution in [0, 0.1) is 3.57 Å². The fourth-order valence-electron chi connectivity index (χ4n) is 1.44. The Morgan fingerprint density at radius 3 is 2.62 bits per heavy atom. The van der Waals surface area contributed by atoms with Gasteiger partial charge in [-0.05, 0) is 59.7 Å². The van der Waals surface area contributed by atoms with Crippen LogP contribution in [0.2, 0.25) is 0 Å². The van der Waals surface area contributed by atoms with Crippen LogP contribution in [-0.4, -0.2) is 30.5 Å². The summed E-state index contributed by atoms with van der Waals surface area (Å²) in [4.78, 5) is 13.4. The van der Waals surface area contributed by atoms with Crippen molar-refractivity contribution in [2.75, 3.05) is 13.7 Å². The van der Waals surface area contributed by atoms with Gasteiger partial charge in [0.05, 0.1) is 0 Å². The number of halogens is 1. The van der Waals surface area contributed by atoms with Crippen LogP contribution in [0.25, 0.3) is 0 Å². The molecule has 0 heterocycles. The van der Waals surface area contributed by atoms with Crippen LogP contribution in [-0.2, 0) is 4.79 Å². The lowest BCUT2D eigenvalue weighted by Gasteiger charge is -2.16. The molecule has 16 heavy (non-hydrogen) atoms. The molecule has 1 aliphatic carbocycles. The van der Waals surface area contributed by atoms with Gasteiger partial charge >= 0.3 is 0 Å². The summed E-state index contributed by atoms with van der Waals surface area (Å²) in [6, 6.07) is 8.14. The van der Waals surface area contributed by atoms with Gasteiger partial charge in [-0.1, -0.05) is 0 Å². The second kappa shape index (κ2) is 5.03. The predicted octanol–water partition coefficient (Wildman–Crippen LogP) is 2.29. The largest absolute Gasteiger partial charge is 0.484 e.